The molecule has 0 saturated carbocycles. The van der Waals surface area contributed by atoms with Crippen LogP contribution in [-0.2, 0) is 6.61 Å². The maximum atomic E-state index is 9.49. The van der Waals surface area contributed by atoms with E-state index in [-0.39, 0.29) is 6.61 Å². The van der Waals surface area contributed by atoms with E-state index in [2.05, 4.69) is 47.1 Å². The van der Waals surface area contributed by atoms with Gasteiger partial charge in [-0.1, -0.05) is 18.2 Å². The normalized spacial score (nSPS) is 18.9. The molecule has 1 atom stereocenters. The number of likely N-dealkylation sites (N-methyl/N-ethyl adjacent to an activating group) is 1. The van der Waals surface area contributed by atoms with Gasteiger partial charge in [0.15, 0.2) is 0 Å². The van der Waals surface area contributed by atoms with Crippen LogP contribution >= 0.6 is 0 Å². The number of hydrogen-bond donors (Lipinski definition) is 1. The SMILES string of the molecule is CN(C)CC1CCCN1c1cc(CO)nc2ccccc12. The lowest BCUT2D eigenvalue weighted by molar-refractivity contribution is 0.277. The predicted octanol–water partition coefficient (Wildman–Crippen LogP) is 2.26. The Morgan fingerprint density at radius 2 is 2.14 bits per heavy atom. The molecule has 1 N–H and O–H groups in total. The molecule has 0 spiro atoms. The molecule has 1 aromatic heterocycles. The third kappa shape index (κ3) is 2.87. The molecule has 1 aliphatic heterocycles. The number of fused-ring (bicyclic) bond motifs is 1. The monoisotopic (exact) mass is 285 g/mol. The first-order valence-corrected chi connectivity index (χ1v) is 7.60. The van der Waals surface area contributed by atoms with E-state index < -0.39 is 0 Å². The van der Waals surface area contributed by atoms with Crippen LogP contribution in [-0.4, -0.2) is 48.2 Å². The highest BCUT2D eigenvalue weighted by Crippen LogP contribution is 2.32. The lowest BCUT2D eigenvalue weighted by Crippen LogP contribution is -2.37. The molecule has 3 rings (SSSR count). The molecule has 21 heavy (non-hydrogen) atoms. The Hall–Kier alpha value is -1.65. The van der Waals surface area contributed by atoms with Gasteiger partial charge in [-0.05, 0) is 39.1 Å². The molecule has 4 heteroatoms. The van der Waals surface area contributed by atoms with E-state index in [0.29, 0.717) is 6.04 Å². The highest BCUT2D eigenvalue weighted by molar-refractivity contribution is 5.92. The molecular weight excluding hydrogens is 262 g/mol. The number of para-hydroxylation sites is 1. The van der Waals surface area contributed by atoms with E-state index in [1.54, 1.807) is 0 Å². The van der Waals surface area contributed by atoms with Crippen LogP contribution in [0.3, 0.4) is 0 Å². The smallest absolute Gasteiger partial charge is 0.0854 e. The molecule has 0 aliphatic carbocycles. The van der Waals surface area contributed by atoms with Crippen molar-refractivity contribution in [1.82, 2.24) is 9.88 Å². The van der Waals surface area contributed by atoms with Crippen molar-refractivity contribution in [2.45, 2.75) is 25.5 Å². The zero-order chi connectivity index (χ0) is 14.8. The van der Waals surface area contributed by atoms with Gasteiger partial charge in [0, 0.05) is 30.2 Å². The second kappa shape index (κ2) is 6.00. The van der Waals surface area contributed by atoms with Gasteiger partial charge in [-0.25, -0.2) is 0 Å². The molecule has 0 radical (unpaired) electrons. The van der Waals surface area contributed by atoms with Crippen LogP contribution in [0.15, 0.2) is 30.3 Å². The van der Waals surface area contributed by atoms with Crippen molar-refractivity contribution in [1.29, 1.82) is 0 Å². The number of aliphatic hydroxyl groups is 1. The summed E-state index contributed by atoms with van der Waals surface area (Å²) in [7, 11) is 4.25. The van der Waals surface area contributed by atoms with Crippen LogP contribution in [0.2, 0.25) is 0 Å². The lowest BCUT2D eigenvalue weighted by atomic mass is 10.1. The van der Waals surface area contributed by atoms with E-state index in [0.717, 1.165) is 24.3 Å². The van der Waals surface area contributed by atoms with Gasteiger partial charge < -0.3 is 14.9 Å². The second-order valence-corrected chi connectivity index (χ2v) is 6.06. The molecule has 112 valence electrons. The molecule has 1 aromatic carbocycles. The Labute approximate surface area is 126 Å². The minimum Gasteiger partial charge on any atom is -0.390 e. The van der Waals surface area contributed by atoms with Crippen LogP contribution < -0.4 is 4.90 Å². The maximum Gasteiger partial charge on any atom is 0.0854 e. The van der Waals surface area contributed by atoms with E-state index >= 15 is 0 Å². The van der Waals surface area contributed by atoms with E-state index in [1.165, 1.54) is 23.9 Å². The van der Waals surface area contributed by atoms with Crippen molar-refractivity contribution >= 4 is 16.6 Å². The highest BCUT2D eigenvalue weighted by Gasteiger charge is 2.26. The maximum absolute atomic E-state index is 9.49. The molecule has 4 nitrogen and oxygen atoms in total. The average molecular weight is 285 g/mol. The fourth-order valence-electron chi connectivity index (χ4n) is 3.29. The lowest BCUT2D eigenvalue weighted by Gasteiger charge is -2.30. The Morgan fingerprint density at radius 1 is 1.33 bits per heavy atom. The molecule has 0 bridgehead atoms. The van der Waals surface area contributed by atoms with Crippen molar-refractivity contribution in [2.75, 3.05) is 32.1 Å². The summed E-state index contributed by atoms with van der Waals surface area (Å²) in [5.74, 6) is 0. The van der Waals surface area contributed by atoms with Gasteiger partial charge in [-0.3, -0.25) is 4.98 Å². The minimum atomic E-state index is -0.00990. The summed E-state index contributed by atoms with van der Waals surface area (Å²) in [6.45, 7) is 2.13. The molecule has 2 heterocycles. The van der Waals surface area contributed by atoms with Gasteiger partial charge in [0.25, 0.3) is 0 Å². The second-order valence-electron chi connectivity index (χ2n) is 6.06. The van der Waals surface area contributed by atoms with Crippen LogP contribution in [0.25, 0.3) is 10.9 Å². The minimum absolute atomic E-state index is 0.00990. The van der Waals surface area contributed by atoms with Crippen molar-refractivity contribution < 1.29 is 5.11 Å². The van der Waals surface area contributed by atoms with Crippen molar-refractivity contribution in [3.8, 4) is 0 Å². The third-order valence-corrected chi connectivity index (χ3v) is 4.17. The number of anilines is 1. The van der Waals surface area contributed by atoms with Gasteiger partial charge in [0.2, 0.25) is 0 Å². The first kappa shape index (κ1) is 14.3. The van der Waals surface area contributed by atoms with Gasteiger partial charge in [0.1, 0.15) is 0 Å². The summed E-state index contributed by atoms with van der Waals surface area (Å²) >= 11 is 0. The number of benzene rings is 1. The van der Waals surface area contributed by atoms with E-state index in [9.17, 15) is 5.11 Å². The summed E-state index contributed by atoms with van der Waals surface area (Å²) in [6.07, 6.45) is 2.45. The van der Waals surface area contributed by atoms with E-state index in [4.69, 9.17) is 0 Å². The third-order valence-electron chi connectivity index (χ3n) is 4.17. The predicted molar refractivity (Wildman–Crippen MR) is 86.6 cm³/mol. The van der Waals surface area contributed by atoms with Crippen LogP contribution in [0, 0.1) is 0 Å². The molecular formula is C17H23N3O. The van der Waals surface area contributed by atoms with Gasteiger partial charge in [0.05, 0.1) is 17.8 Å². The quantitative estimate of drug-likeness (QED) is 0.935. The van der Waals surface area contributed by atoms with Crippen molar-refractivity contribution in [3.05, 3.63) is 36.0 Å². The molecule has 1 aliphatic rings. The number of nitrogens with zero attached hydrogens (tertiary/aromatic N) is 3. The standard InChI is InChI=1S/C17H23N3O/c1-19(2)11-14-6-5-9-20(14)17-10-13(12-21)18-16-8-4-3-7-15(16)17/h3-4,7-8,10,14,21H,5-6,9,11-12H2,1-2H3. The Bertz CT molecular complexity index is 626. The average Bonchev–Trinajstić information content (AvgIpc) is 2.93. The summed E-state index contributed by atoms with van der Waals surface area (Å²) < 4.78 is 0. The van der Waals surface area contributed by atoms with Crippen LogP contribution in [0.5, 0.6) is 0 Å². The first-order valence-electron chi connectivity index (χ1n) is 7.60. The number of aliphatic hydroxyl groups excluding tert-OH is 1. The fraction of sp³-hybridized carbons (Fsp3) is 0.471. The number of hydrogen-bond acceptors (Lipinski definition) is 4. The molecule has 0 amide bonds. The number of pyridine rings is 1. The van der Waals surface area contributed by atoms with E-state index in [1.807, 2.05) is 12.1 Å². The van der Waals surface area contributed by atoms with Crippen molar-refractivity contribution in [3.63, 3.8) is 0 Å². The Morgan fingerprint density at radius 3 is 2.90 bits per heavy atom. The summed E-state index contributed by atoms with van der Waals surface area (Å²) in [4.78, 5) is 9.26. The summed E-state index contributed by atoms with van der Waals surface area (Å²) in [6, 6.07) is 10.8. The zero-order valence-corrected chi connectivity index (χ0v) is 12.8. The first-order chi connectivity index (χ1) is 10.2. The summed E-state index contributed by atoms with van der Waals surface area (Å²) in [5.41, 5.74) is 2.93. The molecule has 1 unspecified atom stereocenters. The Kier molecular flexibility index (Phi) is 4.08. The van der Waals surface area contributed by atoms with Crippen molar-refractivity contribution in [2.24, 2.45) is 0 Å². The molecule has 1 saturated heterocycles. The molecule has 1 fully saturated rings. The largest absolute Gasteiger partial charge is 0.390 e. The topological polar surface area (TPSA) is 39.6 Å². The van der Waals surface area contributed by atoms with Crippen LogP contribution in [0.4, 0.5) is 5.69 Å². The van der Waals surface area contributed by atoms with Crippen LogP contribution in [0.1, 0.15) is 18.5 Å². The zero-order valence-electron chi connectivity index (χ0n) is 12.8. The highest BCUT2D eigenvalue weighted by atomic mass is 16.3. The number of rotatable bonds is 4. The van der Waals surface area contributed by atoms with Gasteiger partial charge in [-0.2, -0.15) is 0 Å². The van der Waals surface area contributed by atoms with Gasteiger partial charge in [-0.15, -0.1) is 0 Å². The molecule has 2 aromatic rings. The Balaban J connectivity index is 2.05. The van der Waals surface area contributed by atoms with Gasteiger partial charge >= 0.3 is 0 Å². The fourth-order valence-corrected chi connectivity index (χ4v) is 3.29. The number of aromatic nitrogens is 1. The summed E-state index contributed by atoms with van der Waals surface area (Å²) in [5, 5.41) is 10.7.